The van der Waals surface area contributed by atoms with Crippen molar-refractivity contribution in [2.45, 2.75) is 19.8 Å². The third-order valence-corrected chi connectivity index (χ3v) is 2.47. The van der Waals surface area contributed by atoms with Gasteiger partial charge in [-0.05, 0) is 30.2 Å². The SMILES string of the molecule is CCCCOc1cc(/C=C(/OC)C(=O)O)ccc1O. The van der Waals surface area contributed by atoms with Crippen LogP contribution < -0.4 is 4.74 Å². The maximum absolute atomic E-state index is 10.8. The average Bonchev–Trinajstić information content (AvgIpc) is 2.39. The first-order valence-electron chi connectivity index (χ1n) is 6.03. The molecule has 0 saturated heterocycles. The van der Waals surface area contributed by atoms with E-state index in [1.54, 1.807) is 12.1 Å². The third kappa shape index (κ3) is 4.54. The van der Waals surface area contributed by atoms with Crippen molar-refractivity contribution in [2.24, 2.45) is 0 Å². The van der Waals surface area contributed by atoms with Crippen molar-refractivity contribution in [1.29, 1.82) is 0 Å². The summed E-state index contributed by atoms with van der Waals surface area (Å²) in [6.07, 6.45) is 3.25. The van der Waals surface area contributed by atoms with E-state index in [1.165, 1.54) is 19.3 Å². The molecule has 0 atom stereocenters. The lowest BCUT2D eigenvalue weighted by molar-refractivity contribution is -0.135. The molecular formula is C14H18O5. The van der Waals surface area contributed by atoms with Gasteiger partial charge in [0.05, 0.1) is 13.7 Å². The maximum Gasteiger partial charge on any atom is 0.371 e. The van der Waals surface area contributed by atoms with Crippen molar-refractivity contribution >= 4 is 12.0 Å². The number of phenols is 1. The second kappa shape index (κ2) is 7.31. The molecule has 0 unspecified atom stereocenters. The van der Waals surface area contributed by atoms with Gasteiger partial charge in [-0.2, -0.15) is 0 Å². The van der Waals surface area contributed by atoms with Crippen LogP contribution in [0.1, 0.15) is 25.3 Å². The monoisotopic (exact) mass is 266 g/mol. The Balaban J connectivity index is 2.91. The average molecular weight is 266 g/mol. The second-order valence-corrected chi connectivity index (χ2v) is 3.95. The minimum Gasteiger partial charge on any atom is -0.504 e. The van der Waals surface area contributed by atoms with Gasteiger partial charge in [0.15, 0.2) is 11.5 Å². The molecule has 0 bridgehead atoms. The van der Waals surface area contributed by atoms with Crippen LogP contribution in [0.3, 0.4) is 0 Å². The highest BCUT2D eigenvalue weighted by molar-refractivity contribution is 5.89. The fourth-order valence-electron chi connectivity index (χ4n) is 1.42. The van der Waals surface area contributed by atoms with E-state index in [9.17, 15) is 9.90 Å². The van der Waals surface area contributed by atoms with Gasteiger partial charge < -0.3 is 19.7 Å². The first-order chi connectivity index (χ1) is 9.08. The first-order valence-corrected chi connectivity index (χ1v) is 6.03. The summed E-state index contributed by atoms with van der Waals surface area (Å²) in [6.45, 7) is 2.55. The molecule has 0 aliphatic carbocycles. The van der Waals surface area contributed by atoms with Crippen LogP contribution in [0.4, 0.5) is 0 Å². The minimum atomic E-state index is -1.15. The molecule has 0 aliphatic heterocycles. The Morgan fingerprint density at radius 1 is 1.42 bits per heavy atom. The molecule has 0 spiro atoms. The molecule has 1 aromatic carbocycles. The molecule has 0 aliphatic rings. The molecular weight excluding hydrogens is 248 g/mol. The Morgan fingerprint density at radius 3 is 2.74 bits per heavy atom. The van der Waals surface area contributed by atoms with Crippen molar-refractivity contribution < 1.29 is 24.5 Å². The molecule has 1 rings (SSSR count). The highest BCUT2D eigenvalue weighted by Crippen LogP contribution is 2.28. The van der Waals surface area contributed by atoms with Crippen LogP contribution in [0.15, 0.2) is 24.0 Å². The van der Waals surface area contributed by atoms with Gasteiger partial charge in [-0.1, -0.05) is 19.4 Å². The smallest absolute Gasteiger partial charge is 0.371 e. The summed E-state index contributed by atoms with van der Waals surface area (Å²) in [5.74, 6) is -0.959. The zero-order chi connectivity index (χ0) is 14.3. The summed E-state index contributed by atoms with van der Waals surface area (Å²) >= 11 is 0. The van der Waals surface area contributed by atoms with Crippen molar-refractivity contribution in [2.75, 3.05) is 13.7 Å². The first kappa shape index (κ1) is 14.9. The summed E-state index contributed by atoms with van der Waals surface area (Å²) in [5, 5.41) is 18.5. The number of rotatable bonds is 7. The number of phenolic OH excluding ortho intramolecular Hbond substituents is 1. The number of aromatic hydroxyl groups is 1. The molecule has 0 amide bonds. The van der Waals surface area contributed by atoms with Crippen LogP contribution in [0, 0.1) is 0 Å². The molecule has 5 nitrogen and oxygen atoms in total. The van der Waals surface area contributed by atoms with E-state index < -0.39 is 5.97 Å². The Kier molecular flexibility index (Phi) is 5.73. The van der Waals surface area contributed by atoms with Gasteiger partial charge in [-0.3, -0.25) is 0 Å². The normalized spacial score (nSPS) is 11.2. The summed E-state index contributed by atoms with van der Waals surface area (Å²) in [6, 6.07) is 4.62. The lowest BCUT2D eigenvalue weighted by atomic mass is 10.2. The highest BCUT2D eigenvalue weighted by atomic mass is 16.5. The number of carboxylic acids is 1. The highest BCUT2D eigenvalue weighted by Gasteiger charge is 2.08. The molecule has 0 aromatic heterocycles. The van der Waals surface area contributed by atoms with Crippen LogP contribution in [0.25, 0.3) is 6.08 Å². The molecule has 0 heterocycles. The van der Waals surface area contributed by atoms with Crippen molar-refractivity contribution in [3.8, 4) is 11.5 Å². The van der Waals surface area contributed by atoms with E-state index in [0.29, 0.717) is 17.9 Å². The molecule has 5 heteroatoms. The predicted octanol–water partition coefficient (Wildman–Crippen LogP) is 2.64. The summed E-state index contributed by atoms with van der Waals surface area (Å²) in [5.41, 5.74) is 0.587. The summed E-state index contributed by atoms with van der Waals surface area (Å²) < 4.78 is 10.2. The topological polar surface area (TPSA) is 76.0 Å². The van der Waals surface area contributed by atoms with Crippen molar-refractivity contribution in [1.82, 2.24) is 0 Å². The van der Waals surface area contributed by atoms with Gasteiger partial charge in [0.2, 0.25) is 5.76 Å². The zero-order valence-corrected chi connectivity index (χ0v) is 11.0. The molecule has 1 aromatic rings. The fourth-order valence-corrected chi connectivity index (χ4v) is 1.42. The number of benzene rings is 1. The molecule has 0 saturated carbocycles. The Labute approximate surface area is 112 Å². The third-order valence-electron chi connectivity index (χ3n) is 2.47. The van der Waals surface area contributed by atoms with E-state index in [1.807, 2.05) is 6.92 Å². The number of unbranched alkanes of at least 4 members (excludes halogenated alkanes) is 1. The Hall–Kier alpha value is -2.17. The molecule has 2 N–H and O–H groups in total. The van der Waals surface area contributed by atoms with Crippen molar-refractivity contribution in [3.63, 3.8) is 0 Å². The number of aliphatic carboxylic acids is 1. The largest absolute Gasteiger partial charge is 0.504 e. The molecule has 104 valence electrons. The van der Waals surface area contributed by atoms with Gasteiger partial charge >= 0.3 is 5.97 Å². The van der Waals surface area contributed by atoms with Gasteiger partial charge in [-0.25, -0.2) is 4.79 Å². The number of carboxylic acid groups (broad SMARTS) is 1. The Bertz CT molecular complexity index is 465. The van der Waals surface area contributed by atoms with Crippen LogP contribution in [0.2, 0.25) is 0 Å². The van der Waals surface area contributed by atoms with E-state index in [0.717, 1.165) is 12.8 Å². The number of carbonyl (C=O) groups is 1. The summed E-state index contributed by atoms with van der Waals surface area (Å²) in [7, 11) is 1.29. The predicted molar refractivity (Wildman–Crippen MR) is 71.1 cm³/mol. The second-order valence-electron chi connectivity index (χ2n) is 3.95. The van der Waals surface area contributed by atoms with Gasteiger partial charge in [-0.15, -0.1) is 0 Å². The van der Waals surface area contributed by atoms with E-state index >= 15 is 0 Å². The Morgan fingerprint density at radius 2 is 2.16 bits per heavy atom. The van der Waals surface area contributed by atoms with Gasteiger partial charge in [0, 0.05) is 0 Å². The standard InChI is InChI=1S/C14H18O5/c1-3-4-7-19-12-8-10(5-6-11(12)15)9-13(18-2)14(16)17/h5-6,8-9,15H,3-4,7H2,1-2H3,(H,16,17)/b13-9+. The minimum absolute atomic E-state index is 0.0301. The molecule has 0 radical (unpaired) electrons. The lowest BCUT2D eigenvalue weighted by Crippen LogP contribution is -2.02. The van der Waals surface area contributed by atoms with Crippen LogP contribution >= 0.6 is 0 Å². The lowest BCUT2D eigenvalue weighted by Gasteiger charge is -2.08. The van der Waals surface area contributed by atoms with E-state index in [4.69, 9.17) is 14.6 Å². The number of hydrogen-bond donors (Lipinski definition) is 2. The van der Waals surface area contributed by atoms with Crippen molar-refractivity contribution in [3.05, 3.63) is 29.5 Å². The molecule has 0 fully saturated rings. The van der Waals surface area contributed by atoms with Gasteiger partial charge in [0.1, 0.15) is 0 Å². The van der Waals surface area contributed by atoms with E-state index in [2.05, 4.69) is 0 Å². The number of ether oxygens (including phenoxy) is 2. The number of methoxy groups -OCH3 is 1. The van der Waals surface area contributed by atoms with Gasteiger partial charge in [0.25, 0.3) is 0 Å². The van der Waals surface area contributed by atoms with Crippen LogP contribution in [-0.2, 0) is 9.53 Å². The summed E-state index contributed by atoms with van der Waals surface area (Å²) in [4.78, 5) is 10.8. The number of hydrogen-bond acceptors (Lipinski definition) is 4. The van der Waals surface area contributed by atoms with Crippen LogP contribution in [-0.4, -0.2) is 29.9 Å². The fraction of sp³-hybridized carbons (Fsp3) is 0.357. The van der Waals surface area contributed by atoms with E-state index in [-0.39, 0.29) is 11.5 Å². The molecule has 19 heavy (non-hydrogen) atoms. The maximum atomic E-state index is 10.8. The van der Waals surface area contributed by atoms with Crippen LogP contribution in [0.5, 0.6) is 11.5 Å². The zero-order valence-electron chi connectivity index (χ0n) is 11.0. The quantitative estimate of drug-likeness (QED) is 0.451.